The van der Waals surface area contributed by atoms with Crippen LogP contribution in [-0.2, 0) is 0 Å². The van der Waals surface area contributed by atoms with Crippen LogP contribution in [0.15, 0.2) is 77.8 Å². The molecule has 0 N–H and O–H groups in total. The van der Waals surface area contributed by atoms with Gasteiger partial charge in [-0.2, -0.15) is 0 Å². The number of hydrogen-bond acceptors (Lipinski definition) is 5. The fourth-order valence-corrected chi connectivity index (χ4v) is 4.06. The molecular formula is C23H16ClN3O2S. The Bertz CT molecular complexity index is 1230. The maximum absolute atomic E-state index is 11.0. The van der Waals surface area contributed by atoms with Crippen molar-refractivity contribution in [2.24, 2.45) is 4.99 Å². The average Bonchev–Trinajstić information content (AvgIpc) is 3.17. The van der Waals surface area contributed by atoms with Crippen LogP contribution < -0.4 is 0 Å². The highest BCUT2D eigenvalue weighted by molar-refractivity contribution is 7.19. The molecule has 0 aliphatic carbocycles. The lowest BCUT2D eigenvalue weighted by atomic mass is 10.1. The van der Waals surface area contributed by atoms with E-state index in [-0.39, 0.29) is 5.69 Å². The summed E-state index contributed by atoms with van der Waals surface area (Å²) in [7, 11) is 0. The van der Waals surface area contributed by atoms with Gasteiger partial charge in [0, 0.05) is 28.9 Å². The Morgan fingerprint density at radius 3 is 2.40 bits per heavy atom. The Morgan fingerprint density at radius 1 is 1.03 bits per heavy atom. The number of rotatable bonds is 5. The van der Waals surface area contributed by atoms with Crippen molar-refractivity contribution < 1.29 is 4.92 Å². The monoisotopic (exact) mass is 433 g/mol. The number of aliphatic imine (C=N–C) groups is 1. The highest BCUT2D eigenvalue weighted by Crippen LogP contribution is 2.40. The Balaban J connectivity index is 1.76. The highest BCUT2D eigenvalue weighted by Gasteiger charge is 2.16. The van der Waals surface area contributed by atoms with Gasteiger partial charge in [0.2, 0.25) is 5.13 Å². The zero-order chi connectivity index (χ0) is 21.1. The molecule has 148 valence electrons. The Labute approximate surface area is 182 Å². The predicted molar refractivity (Wildman–Crippen MR) is 123 cm³/mol. The Morgan fingerprint density at radius 2 is 1.73 bits per heavy atom. The number of halogens is 1. The van der Waals surface area contributed by atoms with Crippen molar-refractivity contribution in [3.63, 3.8) is 0 Å². The van der Waals surface area contributed by atoms with E-state index in [9.17, 15) is 10.1 Å². The van der Waals surface area contributed by atoms with Crippen LogP contribution in [0.5, 0.6) is 0 Å². The summed E-state index contributed by atoms with van der Waals surface area (Å²) in [5.74, 6) is 0. The molecule has 0 aliphatic heterocycles. The number of aromatic nitrogens is 1. The molecule has 5 nitrogen and oxygen atoms in total. The minimum absolute atomic E-state index is 0.0550. The number of nitrogens with zero attached hydrogens (tertiary/aromatic N) is 3. The van der Waals surface area contributed by atoms with Crippen molar-refractivity contribution in [1.29, 1.82) is 0 Å². The van der Waals surface area contributed by atoms with Crippen molar-refractivity contribution in [3.05, 3.63) is 99.1 Å². The first-order valence-corrected chi connectivity index (χ1v) is 10.3. The molecule has 0 amide bonds. The van der Waals surface area contributed by atoms with E-state index in [1.165, 1.54) is 23.5 Å². The maximum atomic E-state index is 11.0. The number of aryl methyl sites for hydroxylation is 1. The van der Waals surface area contributed by atoms with E-state index in [1.807, 2.05) is 55.5 Å². The predicted octanol–water partition coefficient (Wildman–Crippen LogP) is 7.10. The van der Waals surface area contributed by atoms with Gasteiger partial charge in [0.25, 0.3) is 5.69 Å². The molecule has 1 heterocycles. The molecule has 0 radical (unpaired) electrons. The second kappa shape index (κ2) is 8.57. The van der Waals surface area contributed by atoms with Gasteiger partial charge < -0.3 is 0 Å². The number of nitro benzene ring substituents is 1. The van der Waals surface area contributed by atoms with Crippen LogP contribution in [0.4, 0.5) is 10.8 Å². The largest absolute Gasteiger partial charge is 0.269 e. The van der Waals surface area contributed by atoms with E-state index in [0.29, 0.717) is 10.2 Å². The third kappa shape index (κ3) is 4.45. The molecule has 0 aliphatic rings. The second-order valence-electron chi connectivity index (χ2n) is 6.66. The van der Waals surface area contributed by atoms with Gasteiger partial charge in [-0.15, -0.1) is 0 Å². The minimum Gasteiger partial charge on any atom is -0.258 e. The first-order chi connectivity index (χ1) is 14.5. The van der Waals surface area contributed by atoms with E-state index >= 15 is 0 Å². The van der Waals surface area contributed by atoms with Gasteiger partial charge in [0.1, 0.15) is 0 Å². The lowest BCUT2D eigenvalue weighted by Crippen LogP contribution is -1.87. The summed E-state index contributed by atoms with van der Waals surface area (Å²) >= 11 is 7.48. The SMILES string of the molecule is Cc1ccc(-c2nc(N=Cc3cccc(Cl)c3)sc2-c2ccc([N+](=O)[O-])cc2)cc1. The zero-order valence-corrected chi connectivity index (χ0v) is 17.5. The molecule has 0 fully saturated rings. The fourth-order valence-electron chi connectivity index (χ4n) is 2.92. The summed E-state index contributed by atoms with van der Waals surface area (Å²) in [6.45, 7) is 2.03. The van der Waals surface area contributed by atoms with Gasteiger partial charge in [-0.3, -0.25) is 10.1 Å². The van der Waals surface area contributed by atoms with Crippen molar-refractivity contribution in [3.8, 4) is 21.7 Å². The van der Waals surface area contributed by atoms with Gasteiger partial charge in [-0.05, 0) is 42.3 Å². The lowest BCUT2D eigenvalue weighted by molar-refractivity contribution is -0.384. The molecule has 30 heavy (non-hydrogen) atoms. The lowest BCUT2D eigenvalue weighted by Gasteiger charge is -2.03. The molecule has 0 bridgehead atoms. The number of benzene rings is 3. The normalized spacial score (nSPS) is 11.1. The zero-order valence-electron chi connectivity index (χ0n) is 15.9. The Hall–Kier alpha value is -3.35. The molecule has 3 aromatic carbocycles. The van der Waals surface area contributed by atoms with Gasteiger partial charge in [0.05, 0.1) is 15.5 Å². The van der Waals surface area contributed by atoms with Crippen molar-refractivity contribution in [2.45, 2.75) is 6.92 Å². The first kappa shape index (κ1) is 19.9. The third-order valence-electron chi connectivity index (χ3n) is 4.45. The van der Waals surface area contributed by atoms with Crippen molar-refractivity contribution >= 4 is 40.0 Å². The third-order valence-corrected chi connectivity index (χ3v) is 5.70. The molecule has 0 spiro atoms. The molecule has 0 saturated heterocycles. The summed E-state index contributed by atoms with van der Waals surface area (Å²) in [4.78, 5) is 20.8. The van der Waals surface area contributed by atoms with E-state index in [4.69, 9.17) is 16.6 Å². The van der Waals surface area contributed by atoms with Crippen LogP contribution in [0.3, 0.4) is 0 Å². The topological polar surface area (TPSA) is 68.4 Å². The molecule has 1 aromatic heterocycles. The first-order valence-electron chi connectivity index (χ1n) is 9.12. The van der Waals surface area contributed by atoms with Gasteiger partial charge in [0.15, 0.2) is 0 Å². The van der Waals surface area contributed by atoms with E-state index in [0.717, 1.165) is 32.8 Å². The number of thiazole rings is 1. The van der Waals surface area contributed by atoms with E-state index < -0.39 is 4.92 Å². The molecule has 4 aromatic rings. The quantitative estimate of drug-likeness (QED) is 0.191. The smallest absolute Gasteiger partial charge is 0.258 e. The van der Waals surface area contributed by atoms with Crippen molar-refractivity contribution in [2.75, 3.05) is 0 Å². The van der Waals surface area contributed by atoms with Crippen LogP contribution in [0.2, 0.25) is 5.02 Å². The molecular weight excluding hydrogens is 418 g/mol. The maximum Gasteiger partial charge on any atom is 0.269 e. The molecule has 0 atom stereocenters. The van der Waals surface area contributed by atoms with Crippen LogP contribution in [0, 0.1) is 17.0 Å². The fraction of sp³-hybridized carbons (Fsp3) is 0.0435. The number of hydrogen-bond donors (Lipinski definition) is 0. The summed E-state index contributed by atoms with van der Waals surface area (Å²) in [5.41, 5.74) is 4.72. The van der Waals surface area contributed by atoms with Crippen LogP contribution in [0.1, 0.15) is 11.1 Å². The van der Waals surface area contributed by atoms with Crippen LogP contribution in [0.25, 0.3) is 21.7 Å². The molecule has 7 heteroatoms. The van der Waals surface area contributed by atoms with Gasteiger partial charge in [-0.1, -0.05) is 64.9 Å². The van der Waals surface area contributed by atoms with Gasteiger partial charge >= 0.3 is 0 Å². The van der Waals surface area contributed by atoms with Crippen molar-refractivity contribution in [1.82, 2.24) is 4.98 Å². The average molecular weight is 434 g/mol. The summed E-state index contributed by atoms with van der Waals surface area (Å²) < 4.78 is 0. The Kier molecular flexibility index (Phi) is 5.70. The summed E-state index contributed by atoms with van der Waals surface area (Å²) in [6, 6.07) is 22.0. The number of non-ortho nitro benzene ring substituents is 1. The summed E-state index contributed by atoms with van der Waals surface area (Å²) in [5, 5.41) is 12.2. The van der Waals surface area contributed by atoms with Gasteiger partial charge in [-0.25, -0.2) is 9.98 Å². The second-order valence-corrected chi connectivity index (χ2v) is 8.07. The standard InChI is InChI=1S/C23H16ClN3O2S/c1-15-5-7-17(8-6-15)21-22(18-9-11-20(12-10-18)27(28)29)30-23(26-21)25-14-16-3-2-4-19(24)13-16/h2-14H,1H3. The van der Waals surface area contributed by atoms with E-state index in [1.54, 1.807) is 18.3 Å². The number of nitro groups is 1. The van der Waals surface area contributed by atoms with E-state index in [2.05, 4.69) is 4.99 Å². The van der Waals surface area contributed by atoms with Crippen LogP contribution >= 0.6 is 22.9 Å². The molecule has 0 unspecified atom stereocenters. The minimum atomic E-state index is -0.405. The van der Waals surface area contributed by atoms with Crippen LogP contribution in [-0.4, -0.2) is 16.1 Å². The molecule has 0 saturated carbocycles. The molecule has 4 rings (SSSR count). The summed E-state index contributed by atoms with van der Waals surface area (Å²) in [6.07, 6.45) is 1.73. The highest BCUT2D eigenvalue weighted by atomic mass is 35.5.